The van der Waals surface area contributed by atoms with E-state index in [0.29, 0.717) is 29.8 Å². The van der Waals surface area contributed by atoms with Crippen molar-refractivity contribution in [3.05, 3.63) is 79.0 Å². The first-order valence-electron chi connectivity index (χ1n) is 9.53. The Morgan fingerprint density at radius 3 is 2.47 bits per heavy atom. The van der Waals surface area contributed by atoms with Crippen molar-refractivity contribution in [2.45, 2.75) is 6.92 Å². The Morgan fingerprint density at radius 1 is 0.900 bits per heavy atom. The van der Waals surface area contributed by atoms with Crippen LogP contribution in [0.25, 0.3) is 11.3 Å². The molecule has 0 radical (unpaired) electrons. The van der Waals surface area contributed by atoms with Gasteiger partial charge in [0.05, 0.1) is 12.3 Å². The zero-order valence-corrected chi connectivity index (χ0v) is 16.4. The van der Waals surface area contributed by atoms with E-state index in [1.807, 2.05) is 67.6 Å². The summed E-state index contributed by atoms with van der Waals surface area (Å²) in [6, 6.07) is 22.8. The molecule has 2 heterocycles. The van der Waals surface area contributed by atoms with Crippen LogP contribution in [0.4, 0.5) is 17.5 Å². The molecule has 3 N–H and O–H groups in total. The van der Waals surface area contributed by atoms with Crippen LogP contribution in [0.3, 0.4) is 0 Å². The lowest BCUT2D eigenvalue weighted by atomic mass is 10.1. The van der Waals surface area contributed by atoms with Crippen LogP contribution in [-0.2, 0) is 0 Å². The van der Waals surface area contributed by atoms with Gasteiger partial charge >= 0.3 is 0 Å². The summed E-state index contributed by atoms with van der Waals surface area (Å²) >= 11 is 0. The minimum Gasteiger partial charge on any atom is -0.478 e. The average molecular weight is 399 g/mol. The zero-order valence-electron chi connectivity index (χ0n) is 16.4. The quantitative estimate of drug-likeness (QED) is 0.449. The second-order valence-corrected chi connectivity index (χ2v) is 6.38. The molecule has 7 nitrogen and oxygen atoms in total. The molecule has 4 aromatic rings. The van der Waals surface area contributed by atoms with E-state index in [-0.39, 0.29) is 5.95 Å². The second-order valence-electron chi connectivity index (χ2n) is 6.38. The normalized spacial score (nSPS) is 10.4. The van der Waals surface area contributed by atoms with E-state index in [1.165, 1.54) is 0 Å². The topological polar surface area (TPSA) is 95.2 Å². The summed E-state index contributed by atoms with van der Waals surface area (Å²) in [5.74, 6) is 2.71. The number of pyridine rings is 1. The van der Waals surface area contributed by atoms with Crippen molar-refractivity contribution in [3.63, 3.8) is 0 Å². The van der Waals surface area contributed by atoms with Gasteiger partial charge in [0, 0.05) is 29.6 Å². The Balaban J connectivity index is 1.47. The average Bonchev–Trinajstić information content (AvgIpc) is 2.76. The fourth-order valence-corrected chi connectivity index (χ4v) is 2.86. The predicted octanol–water partition coefficient (Wildman–Crippen LogP) is 5.06. The largest absolute Gasteiger partial charge is 0.478 e. The number of benzene rings is 2. The molecule has 7 heteroatoms. The monoisotopic (exact) mass is 399 g/mol. The van der Waals surface area contributed by atoms with Gasteiger partial charge in [-0.05, 0) is 37.3 Å². The third-order valence-corrected chi connectivity index (χ3v) is 4.17. The summed E-state index contributed by atoms with van der Waals surface area (Å²) < 4.78 is 11.3. The van der Waals surface area contributed by atoms with Gasteiger partial charge in [-0.2, -0.15) is 4.98 Å². The highest BCUT2D eigenvalue weighted by atomic mass is 16.5. The van der Waals surface area contributed by atoms with Crippen LogP contribution in [-0.4, -0.2) is 21.6 Å². The number of hydrogen-bond donors (Lipinski definition) is 2. The Morgan fingerprint density at radius 2 is 1.70 bits per heavy atom. The number of nitrogens with zero attached hydrogens (tertiary/aromatic N) is 3. The van der Waals surface area contributed by atoms with Gasteiger partial charge in [0.15, 0.2) is 0 Å². The number of hydrogen-bond acceptors (Lipinski definition) is 7. The highest BCUT2D eigenvalue weighted by Gasteiger charge is 2.06. The van der Waals surface area contributed by atoms with Gasteiger partial charge in [-0.15, -0.1) is 0 Å². The van der Waals surface area contributed by atoms with Gasteiger partial charge < -0.3 is 20.5 Å². The first kappa shape index (κ1) is 19.2. The van der Waals surface area contributed by atoms with Crippen LogP contribution >= 0.6 is 0 Å². The van der Waals surface area contributed by atoms with Crippen LogP contribution in [0.2, 0.25) is 0 Å². The lowest BCUT2D eigenvalue weighted by Crippen LogP contribution is -2.01. The summed E-state index contributed by atoms with van der Waals surface area (Å²) in [5.41, 5.74) is 8.48. The van der Waals surface area contributed by atoms with Crippen LogP contribution in [0, 0.1) is 0 Å². The maximum absolute atomic E-state index is 5.90. The fraction of sp³-hybridized carbons (Fsp3) is 0.0870. The summed E-state index contributed by atoms with van der Waals surface area (Å²) in [7, 11) is 0. The molecule has 0 saturated heterocycles. The second kappa shape index (κ2) is 8.91. The molecule has 150 valence electrons. The van der Waals surface area contributed by atoms with E-state index in [1.54, 1.807) is 18.3 Å². The number of anilines is 3. The number of ether oxygens (including phenoxy) is 2. The van der Waals surface area contributed by atoms with Crippen LogP contribution in [0.1, 0.15) is 6.92 Å². The zero-order chi connectivity index (χ0) is 20.8. The predicted molar refractivity (Wildman–Crippen MR) is 117 cm³/mol. The van der Waals surface area contributed by atoms with Gasteiger partial charge in [-0.25, -0.2) is 9.97 Å². The lowest BCUT2D eigenvalue weighted by Gasteiger charge is -2.10. The van der Waals surface area contributed by atoms with Gasteiger partial charge in [0.25, 0.3) is 0 Å². The number of nitrogens with two attached hydrogens (primary N) is 1. The molecule has 2 aromatic heterocycles. The molecule has 0 atom stereocenters. The maximum Gasteiger partial charge on any atom is 0.222 e. The van der Waals surface area contributed by atoms with E-state index in [9.17, 15) is 0 Å². The molecule has 0 aliphatic heterocycles. The Kier molecular flexibility index (Phi) is 5.70. The van der Waals surface area contributed by atoms with Crippen molar-refractivity contribution in [1.29, 1.82) is 0 Å². The number of nitrogen functional groups attached to an aromatic ring is 1. The van der Waals surface area contributed by atoms with E-state index < -0.39 is 0 Å². The molecule has 4 rings (SSSR count). The summed E-state index contributed by atoms with van der Waals surface area (Å²) in [4.78, 5) is 12.7. The highest BCUT2D eigenvalue weighted by molar-refractivity contribution is 5.67. The Labute approximate surface area is 174 Å². The van der Waals surface area contributed by atoms with Gasteiger partial charge in [0.1, 0.15) is 17.3 Å². The van der Waals surface area contributed by atoms with E-state index in [2.05, 4.69) is 20.3 Å². The first-order chi connectivity index (χ1) is 14.7. The van der Waals surface area contributed by atoms with E-state index in [4.69, 9.17) is 15.2 Å². The molecule has 0 aliphatic carbocycles. The molecule has 0 spiro atoms. The summed E-state index contributed by atoms with van der Waals surface area (Å²) in [5, 5.41) is 3.26. The van der Waals surface area contributed by atoms with Crippen LogP contribution in [0.15, 0.2) is 79.0 Å². The van der Waals surface area contributed by atoms with Gasteiger partial charge in [0.2, 0.25) is 11.8 Å². The number of nitrogens with one attached hydrogen (secondary N) is 1. The van der Waals surface area contributed by atoms with Crippen molar-refractivity contribution in [2.75, 3.05) is 17.7 Å². The highest BCUT2D eigenvalue weighted by Crippen LogP contribution is 2.27. The van der Waals surface area contributed by atoms with E-state index >= 15 is 0 Å². The summed E-state index contributed by atoms with van der Waals surface area (Å²) in [6.45, 7) is 2.46. The van der Waals surface area contributed by atoms with Crippen molar-refractivity contribution in [3.8, 4) is 28.6 Å². The smallest absolute Gasteiger partial charge is 0.222 e. The van der Waals surface area contributed by atoms with Gasteiger partial charge in [-0.3, -0.25) is 0 Å². The first-order valence-corrected chi connectivity index (χ1v) is 9.53. The van der Waals surface area contributed by atoms with Crippen molar-refractivity contribution in [2.24, 2.45) is 0 Å². The molecule has 2 aromatic carbocycles. The standard InChI is InChI=1S/C23H21N5O2/c1-2-29-22-14-19(12-13-25-22)30-18-10-8-17(9-11-18)26-21-15-20(27-23(24)28-21)16-6-4-3-5-7-16/h3-15H,2H2,1H3,(H3,24,26,27,28). The van der Waals surface area contributed by atoms with Crippen molar-refractivity contribution in [1.82, 2.24) is 15.0 Å². The van der Waals surface area contributed by atoms with E-state index in [0.717, 1.165) is 16.9 Å². The third kappa shape index (κ3) is 4.82. The maximum atomic E-state index is 5.90. The number of aromatic nitrogens is 3. The molecule has 0 bridgehead atoms. The SMILES string of the molecule is CCOc1cc(Oc2ccc(Nc3cc(-c4ccccc4)nc(N)n3)cc2)ccn1. The van der Waals surface area contributed by atoms with Gasteiger partial charge in [-0.1, -0.05) is 30.3 Å². The third-order valence-electron chi connectivity index (χ3n) is 4.17. The summed E-state index contributed by atoms with van der Waals surface area (Å²) in [6.07, 6.45) is 1.65. The molecule has 30 heavy (non-hydrogen) atoms. The molecule has 0 unspecified atom stereocenters. The molecular weight excluding hydrogens is 378 g/mol. The van der Waals surface area contributed by atoms with Crippen LogP contribution < -0.4 is 20.5 Å². The Hall–Kier alpha value is -4.13. The minimum atomic E-state index is 0.210. The molecule has 0 fully saturated rings. The van der Waals surface area contributed by atoms with Crippen molar-refractivity contribution < 1.29 is 9.47 Å². The molecule has 0 amide bonds. The van der Waals surface area contributed by atoms with Crippen LogP contribution in [0.5, 0.6) is 17.4 Å². The molecular formula is C23H21N5O2. The Bertz CT molecular complexity index is 1120. The fourth-order valence-electron chi connectivity index (χ4n) is 2.86. The lowest BCUT2D eigenvalue weighted by molar-refractivity contribution is 0.324. The molecule has 0 aliphatic rings. The minimum absolute atomic E-state index is 0.210. The number of rotatable bonds is 7. The molecule has 0 saturated carbocycles. The van der Waals surface area contributed by atoms with Crippen molar-refractivity contribution >= 4 is 17.5 Å².